The van der Waals surface area contributed by atoms with Crippen LogP contribution in [0.4, 0.5) is 5.13 Å². The first-order valence-corrected chi connectivity index (χ1v) is 8.05. The van der Waals surface area contributed by atoms with Crippen molar-refractivity contribution in [2.75, 3.05) is 18.0 Å². The number of rotatable bonds is 5. The number of carbonyl (C=O) groups is 2. The lowest BCUT2D eigenvalue weighted by Crippen LogP contribution is -2.64. The largest absolute Gasteiger partial charge is 0.325 e. The number of amides is 2. The van der Waals surface area contributed by atoms with Gasteiger partial charge >= 0.3 is 0 Å². The molecule has 0 aromatic carbocycles. The predicted octanol–water partition coefficient (Wildman–Crippen LogP) is 1.45. The second-order valence-electron chi connectivity index (χ2n) is 5.75. The minimum Gasteiger partial charge on any atom is -0.325 e. The van der Waals surface area contributed by atoms with Crippen molar-refractivity contribution in [3.8, 4) is 0 Å². The molecular formula is C14H22N4O2S. The number of carbonyl (C=O) groups excluding carboxylic acids is 2. The molecule has 1 aliphatic rings. The van der Waals surface area contributed by atoms with Gasteiger partial charge in [0.1, 0.15) is 12.1 Å². The monoisotopic (exact) mass is 310 g/mol. The second kappa shape index (κ2) is 6.11. The molecule has 0 saturated carbocycles. The molecule has 1 unspecified atom stereocenters. The fourth-order valence-corrected chi connectivity index (χ4v) is 3.22. The first-order chi connectivity index (χ1) is 9.86. The van der Waals surface area contributed by atoms with Crippen molar-refractivity contribution in [3.05, 3.63) is 11.1 Å². The van der Waals surface area contributed by atoms with E-state index in [0.717, 1.165) is 18.7 Å². The summed E-state index contributed by atoms with van der Waals surface area (Å²) in [6, 6.07) is 0.160. The molecule has 0 bridgehead atoms. The van der Waals surface area contributed by atoms with Gasteiger partial charge < -0.3 is 10.2 Å². The maximum Gasteiger partial charge on any atom is 0.251 e. The number of anilines is 1. The van der Waals surface area contributed by atoms with E-state index >= 15 is 0 Å². The summed E-state index contributed by atoms with van der Waals surface area (Å²) in [7, 11) is 0. The molecule has 1 fully saturated rings. The Bertz CT molecular complexity index is 541. The minimum absolute atomic E-state index is 0.155. The lowest BCUT2D eigenvalue weighted by molar-refractivity contribution is -0.135. The van der Waals surface area contributed by atoms with E-state index in [1.54, 1.807) is 18.7 Å². The van der Waals surface area contributed by atoms with Crippen LogP contribution in [0.1, 0.15) is 45.9 Å². The van der Waals surface area contributed by atoms with E-state index in [0.29, 0.717) is 5.13 Å². The molecule has 1 saturated heterocycles. The maximum absolute atomic E-state index is 12.0. The van der Waals surface area contributed by atoms with E-state index < -0.39 is 5.54 Å². The van der Waals surface area contributed by atoms with Crippen LogP contribution in [0.5, 0.6) is 0 Å². The van der Waals surface area contributed by atoms with Crippen LogP contribution in [0.2, 0.25) is 0 Å². The van der Waals surface area contributed by atoms with Crippen molar-refractivity contribution in [2.24, 2.45) is 0 Å². The van der Waals surface area contributed by atoms with Crippen molar-refractivity contribution in [1.29, 1.82) is 0 Å². The predicted molar refractivity (Wildman–Crippen MR) is 83.4 cm³/mol. The van der Waals surface area contributed by atoms with Gasteiger partial charge in [-0.25, -0.2) is 4.98 Å². The van der Waals surface area contributed by atoms with Gasteiger partial charge in [-0.05, 0) is 33.7 Å². The summed E-state index contributed by atoms with van der Waals surface area (Å²) >= 11 is 1.47. The SMILES string of the molecule is CCCNC(C)c1csc(N2CC(=O)NC(=O)C2(C)C)n1. The highest BCUT2D eigenvalue weighted by molar-refractivity contribution is 7.13. The first-order valence-electron chi connectivity index (χ1n) is 7.17. The number of hydrogen-bond donors (Lipinski definition) is 2. The number of aromatic nitrogens is 1. The standard InChI is InChI=1S/C14H22N4O2S/c1-5-6-15-9(2)10-8-21-13(16-10)18-7-11(19)17-12(20)14(18,3)4/h8-9,15H,5-7H2,1-4H3,(H,17,19,20). The molecule has 6 nitrogen and oxygen atoms in total. The highest BCUT2D eigenvalue weighted by Crippen LogP contribution is 2.30. The van der Waals surface area contributed by atoms with Crippen molar-refractivity contribution in [3.63, 3.8) is 0 Å². The van der Waals surface area contributed by atoms with Crippen LogP contribution in [0.3, 0.4) is 0 Å². The van der Waals surface area contributed by atoms with E-state index in [-0.39, 0.29) is 24.4 Å². The van der Waals surface area contributed by atoms with Gasteiger partial charge in [0.15, 0.2) is 5.13 Å². The summed E-state index contributed by atoms with van der Waals surface area (Å²) in [6.07, 6.45) is 1.06. The third-order valence-corrected chi connectivity index (χ3v) is 4.55. The Morgan fingerprint density at radius 1 is 1.52 bits per heavy atom. The highest BCUT2D eigenvalue weighted by Gasteiger charge is 2.42. The van der Waals surface area contributed by atoms with Gasteiger partial charge in [0.2, 0.25) is 5.91 Å². The van der Waals surface area contributed by atoms with Crippen molar-refractivity contribution >= 4 is 28.3 Å². The molecule has 116 valence electrons. The molecule has 0 radical (unpaired) electrons. The van der Waals surface area contributed by atoms with E-state index in [4.69, 9.17) is 0 Å². The molecule has 1 atom stereocenters. The van der Waals surface area contributed by atoms with Crippen LogP contribution in [-0.4, -0.2) is 35.4 Å². The molecule has 2 N–H and O–H groups in total. The number of nitrogens with one attached hydrogen (secondary N) is 2. The fourth-order valence-electron chi connectivity index (χ4n) is 2.15. The quantitative estimate of drug-likeness (QED) is 0.805. The lowest BCUT2D eigenvalue weighted by Gasteiger charge is -2.39. The Labute approximate surface area is 128 Å². The average Bonchev–Trinajstić information content (AvgIpc) is 2.90. The fraction of sp³-hybridized carbons (Fsp3) is 0.643. The average molecular weight is 310 g/mol. The Morgan fingerprint density at radius 2 is 2.24 bits per heavy atom. The maximum atomic E-state index is 12.0. The van der Waals surface area contributed by atoms with Crippen molar-refractivity contribution in [2.45, 2.75) is 45.7 Å². The van der Waals surface area contributed by atoms with Gasteiger partial charge in [-0.3, -0.25) is 14.9 Å². The highest BCUT2D eigenvalue weighted by atomic mass is 32.1. The summed E-state index contributed by atoms with van der Waals surface area (Å²) in [6.45, 7) is 8.87. The number of nitrogens with zero attached hydrogens (tertiary/aromatic N) is 2. The molecular weight excluding hydrogens is 288 g/mol. The van der Waals surface area contributed by atoms with Crippen molar-refractivity contribution < 1.29 is 9.59 Å². The van der Waals surface area contributed by atoms with E-state index in [2.05, 4.69) is 29.5 Å². The zero-order valence-electron chi connectivity index (χ0n) is 12.9. The summed E-state index contributed by atoms with van der Waals surface area (Å²) in [4.78, 5) is 30.0. The molecule has 1 aromatic heterocycles. The third-order valence-electron chi connectivity index (χ3n) is 3.67. The van der Waals surface area contributed by atoms with Gasteiger partial charge in [-0.1, -0.05) is 6.92 Å². The Kier molecular flexibility index (Phi) is 4.63. The molecule has 2 heterocycles. The Morgan fingerprint density at radius 3 is 2.90 bits per heavy atom. The molecule has 2 rings (SSSR count). The number of hydrogen-bond acceptors (Lipinski definition) is 6. The Hall–Kier alpha value is -1.47. The number of piperazine rings is 1. The van der Waals surface area contributed by atoms with Gasteiger partial charge in [0.25, 0.3) is 5.91 Å². The molecule has 0 aliphatic carbocycles. The number of thiazole rings is 1. The zero-order valence-corrected chi connectivity index (χ0v) is 13.7. The van der Waals surface area contributed by atoms with Crippen LogP contribution in [0.25, 0.3) is 0 Å². The number of imide groups is 1. The molecule has 1 aliphatic heterocycles. The third kappa shape index (κ3) is 3.24. The van der Waals surface area contributed by atoms with E-state index in [9.17, 15) is 9.59 Å². The van der Waals surface area contributed by atoms with Gasteiger partial charge in [-0.2, -0.15) is 0 Å². The molecule has 0 spiro atoms. The second-order valence-corrected chi connectivity index (χ2v) is 6.59. The van der Waals surface area contributed by atoms with Crippen LogP contribution in [0.15, 0.2) is 5.38 Å². The van der Waals surface area contributed by atoms with E-state index in [1.165, 1.54) is 11.3 Å². The summed E-state index contributed by atoms with van der Waals surface area (Å²) in [5, 5.41) is 8.45. The summed E-state index contributed by atoms with van der Waals surface area (Å²) < 4.78 is 0. The zero-order chi connectivity index (χ0) is 15.6. The Balaban J connectivity index is 2.19. The van der Waals surface area contributed by atoms with Crippen LogP contribution in [0, 0.1) is 0 Å². The van der Waals surface area contributed by atoms with Crippen molar-refractivity contribution in [1.82, 2.24) is 15.6 Å². The van der Waals surface area contributed by atoms with Gasteiger partial charge in [0.05, 0.1) is 5.69 Å². The lowest BCUT2D eigenvalue weighted by atomic mass is 10.00. The molecule has 7 heteroatoms. The van der Waals surface area contributed by atoms with Crippen LogP contribution < -0.4 is 15.5 Å². The van der Waals surface area contributed by atoms with E-state index in [1.807, 2.05) is 5.38 Å². The topological polar surface area (TPSA) is 74.3 Å². The molecule has 2 amide bonds. The normalized spacial score (nSPS) is 19.5. The van der Waals surface area contributed by atoms with Crippen LogP contribution in [-0.2, 0) is 9.59 Å². The molecule has 1 aromatic rings. The smallest absolute Gasteiger partial charge is 0.251 e. The van der Waals surface area contributed by atoms with Gasteiger partial charge in [0, 0.05) is 11.4 Å². The van der Waals surface area contributed by atoms with Gasteiger partial charge in [-0.15, -0.1) is 11.3 Å². The minimum atomic E-state index is -0.775. The molecule has 21 heavy (non-hydrogen) atoms. The van der Waals surface area contributed by atoms with Crippen LogP contribution >= 0.6 is 11.3 Å². The first kappa shape index (κ1) is 15.9. The summed E-state index contributed by atoms with van der Waals surface area (Å²) in [5.74, 6) is -0.569. The summed E-state index contributed by atoms with van der Waals surface area (Å²) in [5.41, 5.74) is 0.168.